The lowest BCUT2D eigenvalue weighted by Crippen LogP contribution is -2.48. The van der Waals surface area contributed by atoms with Crippen LogP contribution in [0, 0.1) is 0 Å². The number of nitrogens with zero attached hydrogens (tertiary/aromatic N) is 2. The third-order valence-corrected chi connectivity index (χ3v) is 4.48. The molecule has 1 heterocycles. The maximum atomic E-state index is 12.1. The fourth-order valence-corrected chi connectivity index (χ4v) is 2.89. The van der Waals surface area contributed by atoms with E-state index in [0.717, 1.165) is 26.2 Å². The Labute approximate surface area is 139 Å². The number of aliphatic hydroxyl groups is 1. The summed E-state index contributed by atoms with van der Waals surface area (Å²) >= 11 is 0. The number of aliphatic hydroxyl groups excluding tert-OH is 1. The lowest BCUT2D eigenvalue weighted by molar-refractivity contribution is 0.0934. The van der Waals surface area contributed by atoms with Gasteiger partial charge in [-0.1, -0.05) is 0 Å². The molecular weight excluding hydrogens is 290 g/mol. The molecule has 23 heavy (non-hydrogen) atoms. The van der Waals surface area contributed by atoms with E-state index >= 15 is 0 Å². The van der Waals surface area contributed by atoms with Crippen LogP contribution in [-0.4, -0.2) is 60.8 Å². The lowest BCUT2D eigenvalue weighted by atomic mass is 10.1. The van der Waals surface area contributed by atoms with Gasteiger partial charge >= 0.3 is 0 Å². The van der Waals surface area contributed by atoms with Crippen LogP contribution in [0.15, 0.2) is 24.3 Å². The van der Waals surface area contributed by atoms with Gasteiger partial charge in [0.05, 0.1) is 0 Å². The van der Waals surface area contributed by atoms with Crippen molar-refractivity contribution in [2.45, 2.75) is 39.3 Å². The maximum Gasteiger partial charge on any atom is 0.251 e. The topological polar surface area (TPSA) is 55.8 Å². The zero-order chi connectivity index (χ0) is 16.8. The Morgan fingerprint density at radius 3 is 2.26 bits per heavy atom. The summed E-state index contributed by atoms with van der Waals surface area (Å²) < 4.78 is 0. The summed E-state index contributed by atoms with van der Waals surface area (Å²) in [7, 11) is 0. The van der Waals surface area contributed by atoms with Gasteiger partial charge in [-0.25, -0.2) is 0 Å². The molecular formula is C18H29N3O2. The van der Waals surface area contributed by atoms with Crippen LogP contribution >= 0.6 is 0 Å². The Morgan fingerprint density at radius 2 is 1.74 bits per heavy atom. The first kappa shape index (κ1) is 17.8. The molecule has 0 saturated carbocycles. The molecule has 1 aliphatic rings. The van der Waals surface area contributed by atoms with Gasteiger partial charge in [0.2, 0.25) is 0 Å². The minimum atomic E-state index is -0.0814. The SMILES string of the molecule is CC(CCO)NC(=O)c1ccc(N2CCN(C(C)C)CC2)cc1. The average Bonchev–Trinajstić information content (AvgIpc) is 2.55. The second-order valence-corrected chi connectivity index (χ2v) is 6.55. The summed E-state index contributed by atoms with van der Waals surface area (Å²) in [4.78, 5) is 17.0. The maximum absolute atomic E-state index is 12.1. The molecule has 1 fully saturated rings. The van der Waals surface area contributed by atoms with Crippen molar-refractivity contribution in [3.63, 3.8) is 0 Å². The average molecular weight is 319 g/mol. The number of carbonyl (C=O) groups excluding carboxylic acids is 1. The van der Waals surface area contributed by atoms with Gasteiger partial charge in [0, 0.05) is 56.1 Å². The molecule has 1 unspecified atom stereocenters. The van der Waals surface area contributed by atoms with Crippen molar-refractivity contribution in [3.8, 4) is 0 Å². The summed E-state index contributed by atoms with van der Waals surface area (Å²) in [5.41, 5.74) is 1.84. The van der Waals surface area contributed by atoms with Gasteiger partial charge in [-0.05, 0) is 51.5 Å². The van der Waals surface area contributed by atoms with Crippen molar-refractivity contribution in [1.29, 1.82) is 0 Å². The van der Waals surface area contributed by atoms with Gasteiger partial charge in [-0.15, -0.1) is 0 Å². The van der Waals surface area contributed by atoms with Crippen molar-refractivity contribution >= 4 is 11.6 Å². The third kappa shape index (κ3) is 4.94. The molecule has 5 nitrogen and oxygen atoms in total. The van der Waals surface area contributed by atoms with E-state index in [9.17, 15) is 4.79 Å². The highest BCUT2D eigenvalue weighted by atomic mass is 16.3. The van der Waals surface area contributed by atoms with Gasteiger partial charge in [0.1, 0.15) is 0 Å². The predicted octanol–water partition coefficient (Wildman–Crippen LogP) is 1.72. The number of carbonyl (C=O) groups is 1. The zero-order valence-corrected chi connectivity index (χ0v) is 14.5. The molecule has 0 radical (unpaired) electrons. The van der Waals surface area contributed by atoms with Crippen LogP contribution < -0.4 is 10.2 Å². The molecule has 128 valence electrons. The van der Waals surface area contributed by atoms with Crippen molar-refractivity contribution in [1.82, 2.24) is 10.2 Å². The quantitative estimate of drug-likeness (QED) is 0.838. The van der Waals surface area contributed by atoms with Crippen LogP contribution in [0.4, 0.5) is 5.69 Å². The number of hydrogen-bond acceptors (Lipinski definition) is 4. The van der Waals surface area contributed by atoms with Gasteiger partial charge in [-0.3, -0.25) is 9.69 Å². The monoisotopic (exact) mass is 319 g/mol. The molecule has 1 amide bonds. The molecule has 2 rings (SSSR count). The van der Waals surface area contributed by atoms with Crippen LogP contribution in [0.2, 0.25) is 0 Å². The molecule has 0 spiro atoms. The van der Waals surface area contributed by atoms with E-state index in [2.05, 4.69) is 29.0 Å². The third-order valence-electron chi connectivity index (χ3n) is 4.48. The Bertz CT molecular complexity index is 493. The van der Waals surface area contributed by atoms with E-state index in [1.54, 1.807) is 0 Å². The number of rotatable bonds is 6. The summed E-state index contributed by atoms with van der Waals surface area (Å²) in [6.07, 6.45) is 0.573. The van der Waals surface area contributed by atoms with Crippen molar-refractivity contribution in [2.75, 3.05) is 37.7 Å². The van der Waals surface area contributed by atoms with Gasteiger partial charge in [0.25, 0.3) is 5.91 Å². The normalized spacial score (nSPS) is 17.3. The molecule has 1 aromatic carbocycles. The van der Waals surface area contributed by atoms with E-state index in [-0.39, 0.29) is 18.6 Å². The Morgan fingerprint density at radius 1 is 1.13 bits per heavy atom. The van der Waals surface area contributed by atoms with E-state index < -0.39 is 0 Å². The van der Waals surface area contributed by atoms with E-state index in [1.165, 1.54) is 5.69 Å². The summed E-state index contributed by atoms with van der Waals surface area (Å²) in [5.74, 6) is -0.0814. The largest absolute Gasteiger partial charge is 0.396 e. The molecule has 5 heteroatoms. The minimum absolute atomic E-state index is 0.0173. The van der Waals surface area contributed by atoms with Gasteiger partial charge in [-0.2, -0.15) is 0 Å². The molecule has 2 N–H and O–H groups in total. The van der Waals surface area contributed by atoms with Crippen LogP contribution in [-0.2, 0) is 0 Å². The highest BCUT2D eigenvalue weighted by Gasteiger charge is 2.19. The number of nitrogens with one attached hydrogen (secondary N) is 1. The first-order valence-corrected chi connectivity index (χ1v) is 8.52. The second kappa shape index (κ2) is 8.31. The first-order valence-electron chi connectivity index (χ1n) is 8.52. The molecule has 1 aliphatic heterocycles. The Balaban J connectivity index is 1.91. The smallest absolute Gasteiger partial charge is 0.251 e. The summed E-state index contributed by atoms with van der Waals surface area (Å²) in [6.45, 7) is 10.7. The van der Waals surface area contributed by atoms with Gasteiger partial charge < -0.3 is 15.3 Å². The molecule has 1 saturated heterocycles. The summed E-state index contributed by atoms with van der Waals surface area (Å²) in [6, 6.07) is 8.39. The second-order valence-electron chi connectivity index (χ2n) is 6.55. The fourth-order valence-electron chi connectivity index (χ4n) is 2.89. The Kier molecular flexibility index (Phi) is 6.42. The minimum Gasteiger partial charge on any atom is -0.396 e. The van der Waals surface area contributed by atoms with Crippen LogP contribution in [0.25, 0.3) is 0 Å². The molecule has 0 aliphatic carbocycles. The highest BCUT2D eigenvalue weighted by Crippen LogP contribution is 2.18. The van der Waals surface area contributed by atoms with E-state index in [4.69, 9.17) is 5.11 Å². The van der Waals surface area contributed by atoms with Gasteiger partial charge in [0.15, 0.2) is 0 Å². The van der Waals surface area contributed by atoms with Crippen molar-refractivity contribution in [3.05, 3.63) is 29.8 Å². The fraction of sp³-hybridized carbons (Fsp3) is 0.611. The van der Waals surface area contributed by atoms with Crippen LogP contribution in [0.5, 0.6) is 0 Å². The zero-order valence-electron chi connectivity index (χ0n) is 14.5. The van der Waals surface area contributed by atoms with Crippen molar-refractivity contribution in [2.24, 2.45) is 0 Å². The molecule has 1 aromatic rings. The van der Waals surface area contributed by atoms with E-state index in [0.29, 0.717) is 18.0 Å². The van der Waals surface area contributed by atoms with Crippen LogP contribution in [0.1, 0.15) is 37.6 Å². The number of anilines is 1. The number of piperazine rings is 1. The molecule has 1 atom stereocenters. The molecule has 0 bridgehead atoms. The van der Waals surface area contributed by atoms with Crippen LogP contribution in [0.3, 0.4) is 0 Å². The lowest BCUT2D eigenvalue weighted by Gasteiger charge is -2.38. The molecule has 0 aromatic heterocycles. The highest BCUT2D eigenvalue weighted by molar-refractivity contribution is 5.94. The number of amides is 1. The number of hydrogen-bond donors (Lipinski definition) is 2. The number of benzene rings is 1. The summed E-state index contributed by atoms with van der Waals surface area (Å²) in [5, 5.41) is 11.8. The predicted molar refractivity (Wildman–Crippen MR) is 94.0 cm³/mol. The first-order chi connectivity index (χ1) is 11.0. The standard InChI is InChI=1S/C18H29N3O2/c1-14(2)20-9-11-21(12-10-20)17-6-4-16(5-7-17)18(23)19-15(3)8-13-22/h4-7,14-15,22H,8-13H2,1-3H3,(H,19,23). The van der Waals surface area contributed by atoms with Crippen molar-refractivity contribution < 1.29 is 9.90 Å². The van der Waals surface area contributed by atoms with E-state index in [1.807, 2.05) is 31.2 Å². The Hall–Kier alpha value is -1.59.